The lowest BCUT2D eigenvalue weighted by atomic mass is 9.66. The predicted molar refractivity (Wildman–Crippen MR) is 175 cm³/mol. The molecule has 3 aromatic rings. The van der Waals surface area contributed by atoms with Gasteiger partial charge in [-0.25, -0.2) is 19.3 Å². The average molecular weight is 641 g/mol. The Kier molecular flexibility index (Phi) is 7.07. The maximum Gasteiger partial charge on any atom is 0.282 e. The number of hydrogen-bond acceptors (Lipinski definition) is 10. The number of anilines is 1. The van der Waals surface area contributed by atoms with Gasteiger partial charge in [0, 0.05) is 85.4 Å². The van der Waals surface area contributed by atoms with Crippen molar-refractivity contribution in [2.24, 2.45) is 22.7 Å². The lowest BCUT2D eigenvalue weighted by Gasteiger charge is -2.62. The van der Waals surface area contributed by atoms with Crippen molar-refractivity contribution in [3.63, 3.8) is 0 Å². The van der Waals surface area contributed by atoms with Gasteiger partial charge in [-0.15, -0.1) is 10.2 Å². The molecule has 1 atom stereocenters. The van der Waals surface area contributed by atoms with Gasteiger partial charge in [0.1, 0.15) is 23.7 Å². The number of aryl methyl sites for hydroxylation is 1. The Morgan fingerprint density at radius 1 is 1.00 bits per heavy atom. The minimum Gasteiger partial charge on any atom is -0.434 e. The summed E-state index contributed by atoms with van der Waals surface area (Å²) in [5.41, 5.74) is 3.14. The molecule has 6 heterocycles. The predicted octanol–water partition coefficient (Wildman–Crippen LogP) is 5.09. The zero-order valence-corrected chi connectivity index (χ0v) is 27.7. The number of halogens is 1. The third-order valence-corrected chi connectivity index (χ3v) is 11.9. The molecule has 9 rings (SSSR count). The van der Waals surface area contributed by atoms with Crippen LogP contribution >= 0.6 is 0 Å². The molecule has 6 aliphatic rings. The van der Waals surface area contributed by atoms with Crippen molar-refractivity contribution < 1.29 is 13.9 Å². The third kappa shape index (κ3) is 5.29. The monoisotopic (exact) mass is 640 g/mol. The molecule has 47 heavy (non-hydrogen) atoms. The van der Waals surface area contributed by atoms with Crippen molar-refractivity contribution in [1.82, 2.24) is 34.9 Å². The number of aromatic nitrogens is 5. The number of ether oxygens (including phenoxy) is 2. The summed E-state index contributed by atoms with van der Waals surface area (Å²) in [6, 6.07) is 6.00. The summed E-state index contributed by atoms with van der Waals surface area (Å²) >= 11 is 0. The van der Waals surface area contributed by atoms with Crippen molar-refractivity contribution >= 4 is 5.82 Å². The molecule has 0 N–H and O–H groups in total. The zero-order valence-electron chi connectivity index (χ0n) is 27.7. The fourth-order valence-corrected chi connectivity index (χ4v) is 9.33. The summed E-state index contributed by atoms with van der Waals surface area (Å²) in [5, 5.41) is 8.46. The van der Waals surface area contributed by atoms with E-state index in [0.717, 1.165) is 81.9 Å². The van der Waals surface area contributed by atoms with Crippen LogP contribution in [0, 0.1) is 35.4 Å². The van der Waals surface area contributed by atoms with E-state index in [2.05, 4.69) is 48.7 Å². The van der Waals surface area contributed by atoms with E-state index < -0.39 is 0 Å². The summed E-state index contributed by atoms with van der Waals surface area (Å²) in [7, 11) is 0. The molecule has 0 radical (unpaired) electrons. The van der Waals surface area contributed by atoms with E-state index in [4.69, 9.17) is 14.5 Å². The number of benzene rings is 1. The first-order valence-corrected chi connectivity index (χ1v) is 17.6. The van der Waals surface area contributed by atoms with E-state index in [9.17, 15) is 4.39 Å². The molecule has 0 bridgehead atoms. The molecular weight excluding hydrogens is 595 g/mol. The molecule has 2 spiro atoms. The van der Waals surface area contributed by atoms with Crippen LogP contribution in [-0.4, -0.2) is 99.5 Å². The van der Waals surface area contributed by atoms with Gasteiger partial charge in [-0.3, -0.25) is 9.80 Å². The van der Waals surface area contributed by atoms with E-state index in [1.54, 1.807) is 12.3 Å². The molecule has 10 nitrogen and oxygen atoms in total. The van der Waals surface area contributed by atoms with Crippen molar-refractivity contribution in [1.29, 1.82) is 0 Å². The molecule has 6 fully saturated rings. The quantitative estimate of drug-likeness (QED) is 0.315. The molecule has 11 heteroatoms. The van der Waals surface area contributed by atoms with Crippen LogP contribution < -0.4 is 9.64 Å². The van der Waals surface area contributed by atoms with E-state index in [0.29, 0.717) is 52.1 Å². The van der Waals surface area contributed by atoms with Gasteiger partial charge in [-0.05, 0) is 69.1 Å². The summed E-state index contributed by atoms with van der Waals surface area (Å²) in [4.78, 5) is 21.6. The maximum atomic E-state index is 14.6. The van der Waals surface area contributed by atoms with E-state index in [1.807, 2.05) is 6.92 Å². The maximum absolute atomic E-state index is 14.6. The van der Waals surface area contributed by atoms with E-state index >= 15 is 0 Å². The Morgan fingerprint density at radius 2 is 1.81 bits per heavy atom. The average Bonchev–Trinajstić information content (AvgIpc) is 3.73. The Hall–Kier alpha value is -3.28. The Balaban J connectivity index is 0.877. The van der Waals surface area contributed by atoms with Crippen molar-refractivity contribution in [2.45, 2.75) is 70.9 Å². The number of likely N-dealkylation sites (tertiary alicyclic amines) is 2. The fourth-order valence-electron chi connectivity index (χ4n) is 9.33. The molecule has 0 unspecified atom stereocenters. The largest absolute Gasteiger partial charge is 0.434 e. The molecule has 4 saturated heterocycles. The van der Waals surface area contributed by atoms with Crippen LogP contribution in [0.1, 0.15) is 63.4 Å². The molecule has 2 aromatic heterocycles. The second-order valence-electron chi connectivity index (χ2n) is 15.9. The summed E-state index contributed by atoms with van der Waals surface area (Å²) in [5.74, 6) is 3.73. The second kappa shape index (κ2) is 11.1. The highest BCUT2D eigenvalue weighted by Crippen LogP contribution is 2.50. The summed E-state index contributed by atoms with van der Waals surface area (Å²) < 4.78 is 26.6. The van der Waals surface area contributed by atoms with Crippen molar-refractivity contribution in [2.75, 3.05) is 57.4 Å². The first-order valence-electron chi connectivity index (χ1n) is 17.6. The van der Waals surface area contributed by atoms with Gasteiger partial charge in [-0.2, -0.15) is 0 Å². The minimum absolute atomic E-state index is 0.256. The molecule has 0 amide bonds. The fraction of sp³-hybridized carbons (Fsp3) is 0.639. The highest BCUT2D eigenvalue weighted by atomic mass is 19.1. The van der Waals surface area contributed by atoms with Gasteiger partial charge >= 0.3 is 0 Å². The zero-order chi connectivity index (χ0) is 31.9. The van der Waals surface area contributed by atoms with Gasteiger partial charge in [-0.1, -0.05) is 13.8 Å². The highest BCUT2D eigenvalue weighted by molar-refractivity contribution is 5.73. The van der Waals surface area contributed by atoms with Crippen LogP contribution in [0.4, 0.5) is 10.2 Å². The SMILES string of the molecule is Cc1ncc(-c2cc(F)ccc2Oc2nncnc2N2CCC3(C2)CN([C@@H](C(C)C)C2CC(N4CC5(COC5)C4)C2)C3)c(C2CC2)n1. The molecule has 2 aliphatic carbocycles. The van der Waals surface area contributed by atoms with Gasteiger partial charge in [0.25, 0.3) is 5.88 Å². The Morgan fingerprint density at radius 3 is 2.53 bits per heavy atom. The molecule has 4 aliphatic heterocycles. The van der Waals surface area contributed by atoms with E-state index in [-0.39, 0.29) is 11.2 Å². The lowest BCUT2D eigenvalue weighted by Crippen LogP contribution is -2.71. The van der Waals surface area contributed by atoms with Crippen LogP contribution in [-0.2, 0) is 4.74 Å². The molecule has 248 valence electrons. The molecule has 2 saturated carbocycles. The second-order valence-corrected chi connectivity index (χ2v) is 15.9. The summed E-state index contributed by atoms with van der Waals surface area (Å²) in [6.07, 6.45) is 9.24. The topological polar surface area (TPSA) is 92.6 Å². The first kappa shape index (κ1) is 29.8. The lowest BCUT2D eigenvalue weighted by molar-refractivity contribution is -0.210. The van der Waals surface area contributed by atoms with Gasteiger partial charge in [0.2, 0.25) is 0 Å². The Bertz CT molecular complexity index is 1660. The Labute approximate surface area is 276 Å². The smallest absolute Gasteiger partial charge is 0.282 e. The summed E-state index contributed by atoms with van der Waals surface area (Å²) in [6.45, 7) is 15.2. The minimum atomic E-state index is -0.335. The van der Waals surface area contributed by atoms with Crippen LogP contribution in [0.2, 0.25) is 0 Å². The van der Waals surface area contributed by atoms with Gasteiger partial charge in [0.15, 0.2) is 5.82 Å². The van der Waals surface area contributed by atoms with Crippen LogP contribution in [0.5, 0.6) is 11.6 Å². The van der Waals surface area contributed by atoms with Crippen LogP contribution in [0.3, 0.4) is 0 Å². The molecule has 1 aromatic carbocycles. The van der Waals surface area contributed by atoms with Gasteiger partial charge in [0.05, 0.1) is 18.9 Å². The van der Waals surface area contributed by atoms with Crippen molar-refractivity contribution in [3.05, 3.63) is 48.1 Å². The van der Waals surface area contributed by atoms with Crippen molar-refractivity contribution in [3.8, 4) is 22.8 Å². The normalized spacial score (nSPS) is 27.0. The number of rotatable bonds is 9. The van der Waals surface area contributed by atoms with Crippen LogP contribution in [0.25, 0.3) is 11.1 Å². The van der Waals surface area contributed by atoms with Crippen LogP contribution in [0.15, 0.2) is 30.7 Å². The van der Waals surface area contributed by atoms with Gasteiger partial charge < -0.3 is 14.4 Å². The molecular formula is C36H45FN8O2. The number of nitrogens with zero attached hydrogens (tertiary/aromatic N) is 8. The third-order valence-electron chi connectivity index (χ3n) is 11.9. The number of hydrogen-bond donors (Lipinski definition) is 0. The standard InChI is InChI=1S/C36H45FN8O2/c1-22(2)32(25-10-27(11-25)44-17-36(18-44)19-46-20-36)45-15-35(16-45)8-9-43(14-35)33-34(42-40-21-39-33)47-30-7-6-26(37)12-28(30)29-13-38-23(3)41-31(29)24-4-5-24/h6-7,12-13,21-22,24-25,27,32H,4-5,8-11,14-20H2,1-3H3/t25?,27?,32-/m0/s1. The first-order chi connectivity index (χ1) is 22.8. The van der Waals surface area contributed by atoms with E-state index in [1.165, 1.54) is 44.4 Å². The highest BCUT2D eigenvalue weighted by Gasteiger charge is 2.56.